The SMILES string of the molecule is CCOc1cc(C=CC(=O)c2ccc(O)cc2)ccc1OCC(=O)Nc1cccc(C(F)(F)F)c1. The molecule has 1 amide bonds. The van der Waals surface area contributed by atoms with E-state index in [1.807, 2.05) is 0 Å². The van der Waals surface area contributed by atoms with Gasteiger partial charge in [0.2, 0.25) is 0 Å². The van der Waals surface area contributed by atoms with E-state index in [9.17, 15) is 27.9 Å². The molecule has 0 fully saturated rings. The van der Waals surface area contributed by atoms with Crippen molar-refractivity contribution in [2.45, 2.75) is 13.1 Å². The lowest BCUT2D eigenvalue weighted by atomic mass is 10.1. The maximum absolute atomic E-state index is 12.8. The van der Waals surface area contributed by atoms with Crippen LogP contribution in [0.2, 0.25) is 0 Å². The minimum Gasteiger partial charge on any atom is -0.508 e. The van der Waals surface area contributed by atoms with Gasteiger partial charge in [0.05, 0.1) is 12.2 Å². The molecule has 0 atom stereocenters. The highest BCUT2D eigenvalue weighted by molar-refractivity contribution is 6.06. The van der Waals surface area contributed by atoms with Crippen LogP contribution in [0.1, 0.15) is 28.4 Å². The molecular weight excluding hydrogens is 463 g/mol. The Bertz CT molecular complexity index is 1220. The highest BCUT2D eigenvalue weighted by Crippen LogP contribution is 2.31. The highest BCUT2D eigenvalue weighted by atomic mass is 19.4. The minimum atomic E-state index is -4.52. The molecule has 0 spiro atoms. The molecule has 0 radical (unpaired) electrons. The number of nitrogens with one attached hydrogen (secondary N) is 1. The van der Waals surface area contributed by atoms with Crippen molar-refractivity contribution in [1.29, 1.82) is 0 Å². The Balaban J connectivity index is 1.65. The van der Waals surface area contributed by atoms with Crippen LogP contribution in [-0.2, 0) is 11.0 Å². The number of phenolic OH excluding ortho intramolecular Hbond substituents is 1. The summed E-state index contributed by atoms with van der Waals surface area (Å²) in [6.45, 7) is 1.62. The van der Waals surface area contributed by atoms with Gasteiger partial charge >= 0.3 is 6.18 Å². The van der Waals surface area contributed by atoms with Crippen molar-refractivity contribution < 1.29 is 37.3 Å². The highest BCUT2D eigenvalue weighted by Gasteiger charge is 2.30. The smallest absolute Gasteiger partial charge is 0.416 e. The van der Waals surface area contributed by atoms with Gasteiger partial charge < -0.3 is 19.9 Å². The Kier molecular flexibility index (Phi) is 8.14. The summed E-state index contributed by atoms with van der Waals surface area (Å²) in [5.41, 5.74) is 0.178. The van der Waals surface area contributed by atoms with Gasteiger partial charge in [0.1, 0.15) is 5.75 Å². The summed E-state index contributed by atoms with van der Waals surface area (Å²) >= 11 is 0. The molecule has 0 aliphatic carbocycles. The lowest BCUT2D eigenvalue weighted by Crippen LogP contribution is -2.20. The van der Waals surface area contributed by atoms with Crippen molar-refractivity contribution >= 4 is 23.5 Å². The fourth-order valence-electron chi connectivity index (χ4n) is 3.02. The maximum Gasteiger partial charge on any atom is 0.416 e. The minimum absolute atomic E-state index is 0.00256. The number of anilines is 1. The zero-order chi connectivity index (χ0) is 25.4. The predicted molar refractivity (Wildman–Crippen MR) is 125 cm³/mol. The zero-order valence-electron chi connectivity index (χ0n) is 18.6. The number of alkyl halides is 3. The number of ketones is 1. The average Bonchev–Trinajstić information content (AvgIpc) is 2.82. The van der Waals surface area contributed by atoms with Gasteiger partial charge in [-0.2, -0.15) is 13.2 Å². The summed E-state index contributed by atoms with van der Waals surface area (Å²) in [4.78, 5) is 24.5. The normalized spacial score (nSPS) is 11.3. The van der Waals surface area contributed by atoms with Crippen molar-refractivity contribution in [3.63, 3.8) is 0 Å². The van der Waals surface area contributed by atoms with Gasteiger partial charge in [-0.15, -0.1) is 0 Å². The largest absolute Gasteiger partial charge is 0.508 e. The van der Waals surface area contributed by atoms with E-state index in [4.69, 9.17) is 9.47 Å². The van der Waals surface area contributed by atoms with Crippen LogP contribution in [0.5, 0.6) is 17.2 Å². The number of allylic oxidation sites excluding steroid dienone is 1. The van der Waals surface area contributed by atoms with E-state index in [0.29, 0.717) is 23.5 Å². The molecule has 0 saturated carbocycles. The standard InChI is InChI=1S/C26H22F3NO5/c1-2-34-24-14-17(6-12-22(32)18-8-10-21(31)11-9-18)7-13-23(24)35-16-25(33)30-20-5-3-4-19(15-20)26(27,28)29/h3-15,31H,2,16H2,1H3,(H,30,33). The third-order valence-corrected chi connectivity index (χ3v) is 4.68. The number of amides is 1. The van der Waals surface area contributed by atoms with E-state index in [2.05, 4.69) is 5.32 Å². The number of carbonyl (C=O) groups is 2. The van der Waals surface area contributed by atoms with E-state index in [-0.39, 0.29) is 23.0 Å². The van der Waals surface area contributed by atoms with E-state index in [0.717, 1.165) is 12.1 Å². The number of phenols is 1. The topological polar surface area (TPSA) is 84.9 Å². The van der Waals surface area contributed by atoms with Crippen LogP contribution in [0.25, 0.3) is 6.08 Å². The van der Waals surface area contributed by atoms with Crippen molar-refractivity contribution in [1.82, 2.24) is 0 Å². The number of hydrogen-bond acceptors (Lipinski definition) is 5. The molecule has 0 aromatic heterocycles. The maximum atomic E-state index is 12.8. The summed E-state index contributed by atoms with van der Waals surface area (Å²) in [6, 6.07) is 15.0. The summed E-state index contributed by atoms with van der Waals surface area (Å²) in [5.74, 6) is -0.248. The third-order valence-electron chi connectivity index (χ3n) is 4.68. The molecule has 0 heterocycles. The molecule has 0 unspecified atom stereocenters. The Morgan fingerprint density at radius 3 is 2.40 bits per heavy atom. The van der Waals surface area contributed by atoms with Crippen LogP contribution in [-0.4, -0.2) is 30.0 Å². The molecule has 0 aliphatic rings. The molecule has 0 bridgehead atoms. The molecule has 0 aliphatic heterocycles. The number of carbonyl (C=O) groups excluding carboxylic acids is 2. The lowest BCUT2D eigenvalue weighted by molar-refractivity contribution is -0.137. The van der Waals surface area contributed by atoms with Crippen molar-refractivity contribution in [2.75, 3.05) is 18.5 Å². The van der Waals surface area contributed by atoms with Gasteiger partial charge in [0.15, 0.2) is 23.9 Å². The summed E-state index contributed by atoms with van der Waals surface area (Å²) in [6.07, 6.45) is -1.56. The van der Waals surface area contributed by atoms with Gasteiger partial charge in [-0.1, -0.05) is 18.2 Å². The average molecular weight is 485 g/mol. The number of halogens is 3. The zero-order valence-corrected chi connectivity index (χ0v) is 18.6. The quantitative estimate of drug-likeness (QED) is 0.299. The summed E-state index contributed by atoms with van der Waals surface area (Å²) < 4.78 is 49.6. The summed E-state index contributed by atoms with van der Waals surface area (Å²) in [5, 5.41) is 11.7. The number of ether oxygens (including phenoxy) is 2. The second-order valence-corrected chi connectivity index (χ2v) is 7.30. The van der Waals surface area contributed by atoms with E-state index >= 15 is 0 Å². The van der Waals surface area contributed by atoms with Crippen LogP contribution in [0.3, 0.4) is 0 Å². The molecule has 9 heteroatoms. The lowest BCUT2D eigenvalue weighted by Gasteiger charge is -2.13. The Morgan fingerprint density at radius 1 is 0.971 bits per heavy atom. The van der Waals surface area contributed by atoms with Crippen molar-refractivity contribution in [2.24, 2.45) is 0 Å². The molecule has 6 nitrogen and oxygen atoms in total. The number of rotatable bonds is 9. The molecule has 35 heavy (non-hydrogen) atoms. The first-order chi connectivity index (χ1) is 16.7. The van der Waals surface area contributed by atoms with Gasteiger partial charge in [0.25, 0.3) is 5.91 Å². The Morgan fingerprint density at radius 2 is 1.71 bits per heavy atom. The molecule has 3 aromatic carbocycles. The van der Waals surface area contributed by atoms with Crippen molar-refractivity contribution in [3.8, 4) is 17.2 Å². The molecule has 0 saturated heterocycles. The first-order valence-corrected chi connectivity index (χ1v) is 10.5. The van der Waals surface area contributed by atoms with Gasteiger partial charge in [0, 0.05) is 11.3 Å². The molecule has 2 N–H and O–H groups in total. The van der Waals surface area contributed by atoms with Crippen LogP contribution < -0.4 is 14.8 Å². The number of hydrogen-bond donors (Lipinski definition) is 2. The van der Waals surface area contributed by atoms with E-state index in [1.165, 1.54) is 42.5 Å². The van der Waals surface area contributed by atoms with Gasteiger partial charge in [-0.3, -0.25) is 9.59 Å². The molecule has 3 aromatic rings. The molecule has 3 rings (SSSR count). The first kappa shape index (κ1) is 25.4. The van der Waals surface area contributed by atoms with E-state index < -0.39 is 24.3 Å². The number of benzene rings is 3. The Labute approximate surface area is 199 Å². The fourth-order valence-corrected chi connectivity index (χ4v) is 3.02. The van der Waals surface area contributed by atoms with Gasteiger partial charge in [-0.05, 0) is 73.2 Å². The fraction of sp³-hybridized carbons (Fsp3) is 0.154. The second-order valence-electron chi connectivity index (χ2n) is 7.30. The van der Waals surface area contributed by atoms with Crippen LogP contribution in [0.4, 0.5) is 18.9 Å². The number of aromatic hydroxyl groups is 1. The predicted octanol–water partition coefficient (Wildman–Crippen LogP) is 5.72. The van der Waals surface area contributed by atoms with Gasteiger partial charge in [-0.25, -0.2) is 0 Å². The van der Waals surface area contributed by atoms with Crippen LogP contribution in [0.15, 0.2) is 72.8 Å². The van der Waals surface area contributed by atoms with Crippen LogP contribution >= 0.6 is 0 Å². The van der Waals surface area contributed by atoms with E-state index in [1.54, 1.807) is 31.2 Å². The van der Waals surface area contributed by atoms with Crippen molar-refractivity contribution in [3.05, 3.63) is 89.5 Å². The Hall–Kier alpha value is -4.27. The van der Waals surface area contributed by atoms with Crippen LogP contribution in [0, 0.1) is 0 Å². The monoisotopic (exact) mass is 485 g/mol. The third kappa shape index (κ3) is 7.36. The molecular formula is C26H22F3NO5. The molecule has 182 valence electrons. The summed E-state index contributed by atoms with van der Waals surface area (Å²) in [7, 11) is 0. The second kappa shape index (κ2) is 11.2. The first-order valence-electron chi connectivity index (χ1n) is 10.5.